The average molecular weight is 609 g/mol. The van der Waals surface area contributed by atoms with Gasteiger partial charge in [-0.1, -0.05) is 6.92 Å². The second-order valence-corrected chi connectivity index (χ2v) is 10.1. The van der Waals surface area contributed by atoms with Crippen molar-refractivity contribution in [3.05, 3.63) is 93.6 Å². The summed E-state index contributed by atoms with van der Waals surface area (Å²) in [6.07, 6.45) is 2.46. The van der Waals surface area contributed by atoms with Crippen LogP contribution in [0.4, 0.5) is 0 Å². The molecule has 40 heavy (non-hydrogen) atoms. The van der Waals surface area contributed by atoms with Gasteiger partial charge in [-0.25, -0.2) is 5.43 Å². The Kier molecular flexibility index (Phi) is 9.71. The van der Waals surface area contributed by atoms with Crippen molar-refractivity contribution in [1.82, 2.24) is 9.99 Å². The lowest BCUT2D eigenvalue weighted by molar-refractivity contribution is 0.0923. The van der Waals surface area contributed by atoms with Crippen molar-refractivity contribution in [2.75, 3.05) is 6.61 Å². The molecule has 210 valence electrons. The largest absolute Gasteiger partial charge is 0.490 e. The summed E-state index contributed by atoms with van der Waals surface area (Å²) in [6.45, 7) is 10.8. The van der Waals surface area contributed by atoms with Crippen molar-refractivity contribution < 1.29 is 23.4 Å². The number of hydrogen-bond donors (Lipinski definition) is 1. The number of hydrogen-bond acceptors (Lipinski definition) is 6. The number of nitrogens with zero attached hydrogens (tertiary/aromatic N) is 2. The van der Waals surface area contributed by atoms with Crippen molar-refractivity contribution in [2.45, 2.75) is 53.8 Å². The second kappa shape index (κ2) is 13.4. The molecule has 0 fully saturated rings. The van der Waals surface area contributed by atoms with Crippen molar-refractivity contribution >= 4 is 28.1 Å². The van der Waals surface area contributed by atoms with E-state index in [1.54, 1.807) is 12.1 Å². The fourth-order valence-electron chi connectivity index (χ4n) is 4.02. The van der Waals surface area contributed by atoms with Crippen LogP contribution in [0.3, 0.4) is 0 Å². The number of carbonyl (C=O) groups is 1. The van der Waals surface area contributed by atoms with Crippen molar-refractivity contribution in [1.29, 1.82) is 0 Å². The number of nitrogens with one attached hydrogen (secondary N) is 1. The fraction of sp³-hybridized carbons (Fsp3) is 0.290. The number of aromatic nitrogens is 1. The number of furan rings is 1. The van der Waals surface area contributed by atoms with Gasteiger partial charge >= 0.3 is 5.91 Å². The monoisotopic (exact) mass is 607 g/mol. The SMILES string of the molecule is CCOc1cc(/C=N/NC(=O)c2ccc(COc3ccc(-n4c(C)ccc4C)cc3)o2)c(Br)cc1O[C@H](C)CC. The molecule has 0 spiro atoms. The summed E-state index contributed by atoms with van der Waals surface area (Å²) in [5.41, 5.74) is 6.63. The maximum atomic E-state index is 12.6. The Morgan fingerprint density at radius 1 is 1.02 bits per heavy atom. The van der Waals surface area contributed by atoms with Crippen molar-refractivity contribution in [3.63, 3.8) is 0 Å². The molecule has 2 aromatic heterocycles. The highest BCUT2D eigenvalue weighted by Crippen LogP contribution is 2.34. The number of hydrazone groups is 1. The lowest BCUT2D eigenvalue weighted by Gasteiger charge is -2.17. The van der Waals surface area contributed by atoms with Crippen LogP contribution in [0.25, 0.3) is 5.69 Å². The predicted molar refractivity (Wildman–Crippen MR) is 159 cm³/mol. The summed E-state index contributed by atoms with van der Waals surface area (Å²) < 4.78 is 26.2. The van der Waals surface area contributed by atoms with Crippen LogP contribution in [0.5, 0.6) is 17.2 Å². The van der Waals surface area contributed by atoms with E-state index in [-0.39, 0.29) is 18.5 Å². The number of benzene rings is 2. The van der Waals surface area contributed by atoms with Gasteiger partial charge in [-0.3, -0.25) is 4.79 Å². The molecule has 2 aromatic carbocycles. The number of aryl methyl sites for hydroxylation is 2. The van der Waals surface area contributed by atoms with Gasteiger partial charge in [-0.2, -0.15) is 5.10 Å². The van der Waals surface area contributed by atoms with Gasteiger partial charge in [0.05, 0.1) is 18.9 Å². The van der Waals surface area contributed by atoms with E-state index in [0.29, 0.717) is 29.6 Å². The van der Waals surface area contributed by atoms with Gasteiger partial charge in [0, 0.05) is 27.1 Å². The van der Waals surface area contributed by atoms with Crippen LogP contribution < -0.4 is 19.6 Å². The number of rotatable bonds is 12. The zero-order valence-corrected chi connectivity index (χ0v) is 24.9. The highest BCUT2D eigenvalue weighted by atomic mass is 79.9. The molecule has 4 aromatic rings. The molecule has 0 aliphatic rings. The third-order valence-electron chi connectivity index (χ3n) is 6.27. The Hall–Kier alpha value is -3.98. The minimum Gasteiger partial charge on any atom is -0.490 e. The topological polar surface area (TPSA) is 87.2 Å². The molecule has 0 bridgehead atoms. The predicted octanol–water partition coefficient (Wildman–Crippen LogP) is 7.37. The summed E-state index contributed by atoms with van der Waals surface area (Å²) in [6, 6.07) is 19.0. The Labute approximate surface area is 243 Å². The van der Waals surface area contributed by atoms with Gasteiger partial charge in [0.1, 0.15) is 18.1 Å². The zero-order valence-electron chi connectivity index (χ0n) is 23.4. The van der Waals surface area contributed by atoms with Crippen LogP contribution in [0.15, 0.2) is 74.7 Å². The first kappa shape index (κ1) is 29.0. The van der Waals surface area contributed by atoms with Gasteiger partial charge in [0.25, 0.3) is 0 Å². The Bertz CT molecular complexity index is 1450. The average Bonchev–Trinajstić information content (AvgIpc) is 3.56. The standard InChI is InChI=1S/C31H34BrN3O5/c1-6-22(5)39-30-17-27(32)23(16-29(30)37-7-2)18-33-34-31(36)28-15-14-26(40-28)19-38-25-12-10-24(11-13-25)35-20(3)8-9-21(35)4/h8-18,22H,6-7,19H2,1-5H3,(H,34,36)/b33-18+/t22-/m1/s1. The Morgan fingerprint density at radius 3 is 2.42 bits per heavy atom. The molecule has 2 heterocycles. The molecule has 0 aliphatic heterocycles. The van der Waals surface area contributed by atoms with E-state index in [9.17, 15) is 4.79 Å². The molecule has 1 N–H and O–H groups in total. The number of halogens is 1. The summed E-state index contributed by atoms with van der Waals surface area (Å²) >= 11 is 3.54. The lowest BCUT2D eigenvalue weighted by atomic mass is 10.2. The second-order valence-electron chi connectivity index (χ2n) is 9.29. The van der Waals surface area contributed by atoms with Crippen LogP contribution >= 0.6 is 15.9 Å². The zero-order chi connectivity index (χ0) is 28.6. The summed E-state index contributed by atoms with van der Waals surface area (Å²) in [7, 11) is 0. The summed E-state index contributed by atoms with van der Waals surface area (Å²) in [4.78, 5) is 12.6. The quantitative estimate of drug-likeness (QED) is 0.134. The van der Waals surface area contributed by atoms with Crippen LogP contribution in [-0.4, -0.2) is 29.4 Å². The van der Waals surface area contributed by atoms with E-state index in [1.165, 1.54) is 17.6 Å². The minimum absolute atomic E-state index is 0.0535. The first-order valence-electron chi connectivity index (χ1n) is 13.2. The van der Waals surface area contributed by atoms with E-state index in [2.05, 4.69) is 63.9 Å². The molecule has 0 aliphatic carbocycles. The van der Waals surface area contributed by atoms with Gasteiger partial charge in [-0.05, 0) is 111 Å². The van der Waals surface area contributed by atoms with E-state index < -0.39 is 5.91 Å². The molecule has 9 heteroatoms. The number of ether oxygens (including phenoxy) is 3. The van der Waals surface area contributed by atoms with E-state index >= 15 is 0 Å². The molecule has 0 saturated carbocycles. The smallest absolute Gasteiger partial charge is 0.307 e. The third kappa shape index (κ3) is 7.15. The Morgan fingerprint density at radius 2 is 1.75 bits per heavy atom. The molecule has 8 nitrogen and oxygen atoms in total. The van der Waals surface area contributed by atoms with Crippen LogP contribution in [0.1, 0.15) is 60.5 Å². The van der Waals surface area contributed by atoms with Crippen molar-refractivity contribution in [3.8, 4) is 22.9 Å². The van der Waals surface area contributed by atoms with E-state index in [1.807, 2.05) is 50.2 Å². The lowest BCUT2D eigenvalue weighted by Crippen LogP contribution is -2.17. The van der Waals surface area contributed by atoms with Gasteiger partial charge < -0.3 is 23.2 Å². The first-order chi connectivity index (χ1) is 19.3. The van der Waals surface area contributed by atoms with Crippen LogP contribution in [0.2, 0.25) is 0 Å². The number of carbonyl (C=O) groups excluding carboxylic acids is 1. The van der Waals surface area contributed by atoms with E-state index in [4.69, 9.17) is 18.6 Å². The summed E-state index contributed by atoms with van der Waals surface area (Å²) in [5, 5.41) is 4.09. The molecule has 1 atom stereocenters. The van der Waals surface area contributed by atoms with Gasteiger partial charge in [0.2, 0.25) is 0 Å². The number of amides is 1. The molecule has 4 rings (SSSR count). The van der Waals surface area contributed by atoms with Gasteiger partial charge in [-0.15, -0.1) is 0 Å². The van der Waals surface area contributed by atoms with Crippen LogP contribution in [-0.2, 0) is 6.61 Å². The minimum atomic E-state index is -0.470. The molecular formula is C31H34BrN3O5. The third-order valence-corrected chi connectivity index (χ3v) is 6.96. The maximum absolute atomic E-state index is 12.6. The maximum Gasteiger partial charge on any atom is 0.307 e. The van der Waals surface area contributed by atoms with Crippen molar-refractivity contribution in [2.24, 2.45) is 5.10 Å². The van der Waals surface area contributed by atoms with E-state index in [0.717, 1.165) is 22.1 Å². The first-order valence-corrected chi connectivity index (χ1v) is 14.0. The molecule has 0 radical (unpaired) electrons. The molecule has 0 unspecified atom stereocenters. The highest BCUT2D eigenvalue weighted by Gasteiger charge is 2.14. The normalized spacial score (nSPS) is 11.9. The summed E-state index contributed by atoms with van der Waals surface area (Å²) in [5.74, 6) is 2.15. The molecular weight excluding hydrogens is 574 g/mol. The Balaban J connectivity index is 1.33. The molecule has 0 saturated heterocycles. The van der Waals surface area contributed by atoms with Gasteiger partial charge in [0.15, 0.2) is 17.3 Å². The highest BCUT2D eigenvalue weighted by molar-refractivity contribution is 9.10. The molecule has 1 amide bonds. The van der Waals surface area contributed by atoms with Crippen LogP contribution in [0, 0.1) is 13.8 Å². The fourth-order valence-corrected chi connectivity index (χ4v) is 4.45.